The van der Waals surface area contributed by atoms with Crippen LogP contribution in [-0.2, 0) is 4.79 Å². The third kappa shape index (κ3) is 3.32. The standard InChI is InChI=1S/C18H14N2O4S/c1-11-3-4-12(2)15(9-11)19-17(21)16(25-18(19)22)10-13-5-7-14(8-6-13)20(23)24/h3-10H,1-2H3/b16-10-. The van der Waals surface area contributed by atoms with Crippen molar-refractivity contribution in [1.29, 1.82) is 0 Å². The Morgan fingerprint density at radius 3 is 2.40 bits per heavy atom. The average molecular weight is 354 g/mol. The summed E-state index contributed by atoms with van der Waals surface area (Å²) in [6, 6.07) is 11.4. The van der Waals surface area contributed by atoms with Crippen molar-refractivity contribution < 1.29 is 14.5 Å². The molecule has 0 aliphatic carbocycles. The summed E-state index contributed by atoms with van der Waals surface area (Å²) in [5.74, 6) is -0.387. The molecule has 0 atom stereocenters. The zero-order valence-corrected chi connectivity index (χ0v) is 14.4. The smallest absolute Gasteiger partial charge is 0.268 e. The van der Waals surface area contributed by atoms with E-state index >= 15 is 0 Å². The van der Waals surface area contributed by atoms with Crippen molar-refractivity contribution in [2.45, 2.75) is 13.8 Å². The van der Waals surface area contributed by atoms with Crippen LogP contribution in [0.4, 0.5) is 16.2 Å². The third-order valence-corrected chi connectivity index (χ3v) is 4.67. The molecule has 2 amide bonds. The first-order valence-electron chi connectivity index (χ1n) is 7.46. The van der Waals surface area contributed by atoms with Crippen LogP contribution in [0.15, 0.2) is 47.4 Å². The van der Waals surface area contributed by atoms with Crippen molar-refractivity contribution in [3.63, 3.8) is 0 Å². The van der Waals surface area contributed by atoms with Gasteiger partial charge in [0.2, 0.25) is 0 Å². The van der Waals surface area contributed by atoms with E-state index in [9.17, 15) is 19.7 Å². The van der Waals surface area contributed by atoms with Crippen molar-refractivity contribution in [1.82, 2.24) is 0 Å². The number of carbonyl (C=O) groups is 2. The number of non-ortho nitro benzene ring substituents is 1. The van der Waals surface area contributed by atoms with Gasteiger partial charge in [-0.25, -0.2) is 4.90 Å². The Hall–Kier alpha value is -2.93. The number of nitrogens with zero attached hydrogens (tertiary/aromatic N) is 2. The minimum absolute atomic E-state index is 0.0272. The molecule has 0 saturated carbocycles. The molecular formula is C18H14N2O4S. The van der Waals surface area contributed by atoms with Gasteiger partial charge in [0, 0.05) is 12.1 Å². The second kappa shape index (κ2) is 6.52. The van der Waals surface area contributed by atoms with Crippen molar-refractivity contribution in [3.05, 3.63) is 74.2 Å². The fraction of sp³-hybridized carbons (Fsp3) is 0.111. The lowest BCUT2D eigenvalue weighted by Gasteiger charge is -2.15. The molecule has 0 radical (unpaired) electrons. The molecule has 25 heavy (non-hydrogen) atoms. The summed E-state index contributed by atoms with van der Waals surface area (Å²) in [6.07, 6.45) is 1.57. The van der Waals surface area contributed by atoms with Gasteiger partial charge in [-0.2, -0.15) is 0 Å². The molecule has 0 N–H and O–H groups in total. The maximum Gasteiger partial charge on any atom is 0.298 e. The molecule has 0 spiro atoms. The van der Waals surface area contributed by atoms with E-state index in [0.717, 1.165) is 22.9 Å². The molecule has 7 heteroatoms. The number of hydrogen-bond donors (Lipinski definition) is 0. The molecular weight excluding hydrogens is 340 g/mol. The van der Waals surface area contributed by atoms with E-state index in [1.165, 1.54) is 17.0 Å². The second-order valence-corrected chi connectivity index (χ2v) is 6.65. The quantitative estimate of drug-likeness (QED) is 0.462. The number of hydrogen-bond acceptors (Lipinski definition) is 5. The molecule has 1 saturated heterocycles. The van der Waals surface area contributed by atoms with Gasteiger partial charge in [0.15, 0.2) is 0 Å². The third-order valence-electron chi connectivity index (χ3n) is 3.80. The van der Waals surface area contributed by atoms with Gasteiger partial charge in [0.25, 0.3) is 16.8 Å². The Morgan fingerprint density at radius 2 is 1.76 bits per heavy atom. The molecule has 6 nitrogen and oxygen atoms in total. The molecule has 0 bridgehead atoms. The summed E-state index contributed by atoms with van der Waals surface area (Å²) in [5.41, 5.74) is 2.97. The number of aryl methyl sites for hydroxylation is 2. The van der Waals surface area contributed by atoms with Gasteiger partial charge in [0.1, 0.15) is 0 Å². The minimum atomic E-state index is -0.488. The Kier molecular flexibility index (Phi) is 4.41. The maximum absolute atomic E-state index is 12.7. The van der Waals surface area contributed by atoms with Gasteiger partial charge in [0.05, 0.1) is 15.5 Å². The highest BCUT2D eigenvalue weighted by Gasteiger charge is 2.37. The largest absolute Gasteiger partial charge is 0.298 e. The highest BCUT2D eigenvalue weighted by molar-refractivity contribution is 8.19. The SMILES string of the molecule is Cc1ccc(C)c(N2C(=O)S/C(=C\c3ccc([N+](=O)[O-])cc3)C2=O)c1. The van der Waals surface area contributed by atoms with Gasteiger partial charge in [-0.05, 0) is 66.6 Å². The molecule has 126 valence electrons. The molecule has 2 aromatic carbocycles. The molecule has 2 aromatic rings. The first-order chi connectivity index (χ1) is 11.9. The van der Waals surface area contributed by atoms with Crippen LogP contribution in [0.3, 0.4) is 0 Å². The molecule has 1 aliphatic heterocycles. The van der Waals surface area contributed by atoms with E-state index in [0.29, 0.717) is 16.2 Å². The average Bonchev–Trinajstić information content (AvgIpc) is 2.84. The van der Waals surface area contributed by atoms with Gasteiger partial charge in [-0.3, -0.25) is 19.7 Å². The van der Waals surface area contributed by atoms with Gasteiger partial charge >= 0.3 is 0 Å². The van der Waals surface area contributed by atoms with Gasteiger partial charge < -0.3 is 0 Å². The van der Waals surface area contributed by atoms with Crippen LogP contribution in [0.5, 0.6) is 0 Å². The van der Waals surface area contributed by atoms with Crippen LogP contribution in [0, 0.1) is 24.0 Å². The van der Waals surface area contributed by atoms with Gasteiger partial charge in [-0.1, -0.05) is 12.1 Å². The number of amides is 2. The number of nitro benzene ring substituents is 1. The van der Waals surface area contributed by atoms with Crippen molar-refractivity contribution >= 4 is 40.4 Å². The summed E-state index contributed by atoms with van der Waals surface area (Å²) < 4.78 is 0. The Bertz CT molecular complexity index is 919. The number of thioether (sulfide) groups is 1. The summed E-state index contributed by atoms with van der Waals surface area (Å²) >= 11 is 0.861. The lowest BCUT2D eigenvalue weighted by Crippen LogP contribution is -2.28. The van der Waals surface area contributed by atoms with Crippen molar-refractivity contribution in [2.75, 3.05) is 4.90 Å². The molecule has 3 rings (SSSR count). The zero-order chi connectivity index (χ0) is 18.1. The number of rotatable bonds is 3. The lowest BCUT2D eigenvalue weighted by atomic mass is 10.1. The van der Waals surface area contributed by atoms with Crippen molar-refractivity contribution in [3.8, 4) is 0 Å². The van der Waals surface area contributed by atoms with E-state index in [1.807, 2.05) is 26.0 Å². The fourth-order valence-electron chi connectivity index (χ4n) is 2.48. The van der Waals surface area contributed by atoms with Crippen LogP contribution in [0.25, 0.3) is 6.08 Å². The minimum Gasteiger partial charge on any atom is -0.268 e. The predicted octanol–water partition coefficient (Wildman–Crippen LogP) is 4.45. The van der Waals surface area contributed by atoms with E-state index in [-0.39, 0.29) is 16.8 Å². The summed E-state index contributed by atoms with van der Waals surface area (Å²) in [6.45, 7) is 3.74. The van der Waals surface area contributed by atoms with Crippen LogP contribution < -0.4 is 4.90 Å². The van der Waals surface area contributed by atoms with Crippen LogP contribution >= 0.6 is 11.8 Å². The zero-order valence-electron chi connectivity index (χ0n) is 13.6. The Balaban J connectivity index is 1.93. The van der Waals surface area contributed by atoms with E-state index in [2.05, 4.69) is 0 Å². The number of benzene rings is 2. The highest BCUT2D eigenvalue weighted by atomic mass is 32.2. The lowest BCUT2D eigenvalue weighted by molar-refractivity contribution is -0.384. The molecule has 1 fully saturated rings. The Morgan fingerprint density at radius 1 is 1.08 bits per heavy atom. The summed E-state index contributed by atoms with van der Waals surface area (Å²) in [4.78, 5) is 36.7. The predicted molar refractivity (Wildman–Crippen MR) is 97.5 cm³/mol. The van der Waals surface area contributed by atoms with Crippen LogP contribution in [0.2, 0.25) is 0 Å². The number of anilines is 1. The Labute approximate surface area is 148 Å². The van der Waals surface area contributed by atoms with Crippen LogP contribution in [0.1, 0.15) is 16.7 Å². The van der Waals surface area contributed by atoms with Gasteiger partial charge in [-0.15, -0.1) is 0 Å². The maximum atomic E-state index is 12.7. The number of nitro groups is 1. The topological polar surface area (TPSA) is 80.5 Å². The number of carbonyl (C=O) groups excluding carboxylic acids is 2. The van der Waals surface area contributed by atoms with E-state index in [1.54, 1.807) is 24.3 Å². The summed E-state index contributed by atoms with van der Waals surface area (Å²) in [7, 11) is 0. The first-order valence-corrected chi connectivity index (χ1v) is 8.28. The number of imide groups is 1. The monoisotopic (exact) mass is 354 g/mol. The fourth-order valence-corrected chi connectivity index (χ4v) is 3.31. The summed E-state index contributed by atoms with van der Waals surface area (Å²) in [5, 5.41) is 10.3. The van der Waals surface area contributed by atoms with Crippen molar-refractivity contribution in [2.24, 2.45) is 0 Å². The molecule has 1 aliphatic rings. The second-order valence-electron chi connectivity index (χ2n) is 5.66. The molecule has 0 unspecified atom stereocenters. The normalized spacial score (nSPS) is 15.9. The highest BCUT2D eigenvalue weighted by Crippen LogP contribution is 2.37. The van der Waals surface area contributed by atoms with Crippen LogP contribution in [-0.4, -0.2) is 16.1 Å². The molecule has 1 heterocycles. The first kappa shape index (κ1) is 16.9. The van der Waals surface area contributed by atoms with E-state index in [4.69, 9.17) is 0 Å². The van der Waals surface area contributed by atoms with E-state index < -0.39 is 4.92 Å². The molecule has 0 aromatic heterocycles.